The van der Waals surface area contributed by atoms with Crippen LogP contribution in [0.4, 0.5) is 0 Å². The van der Waals surface area contributed by atoms with Crippen molar-refractivity contribution in [1.82, 2.24) is 4.90 Å². The van der Waals surface area contributed by atoms with E-state index in [1.54, 1.807) is 20.0 Å². The van der Waals surface area contributed by atoms with Crippen LogP contribution in [0.3, 0.4) is 0 Å². The Kier molecular flexibility index (Phi) is 6.50. The maximum atomic E-state index is 11.9. The third kappa shape index (κ3) is 5.69. The van der Waals surface area contributed by atoms with E-state index < -0.39 is 0 Å². The third-order valence-corrected chi connectivity index (χ3v) is 2.79. The minimum atomic E-state index is -0.283. The predicted molar refractivity (Wildman–Crippen MR) is 79.1 cm³/mol. The molecule has 20 heavy (non-hydrogen) atoms. The second-order valence-electron chi connectivity index (χ2n) is 4.56. The summed E-state index contributed by atoms with van der Waals surface area (Å²) in [6, 6.07) is 7.90. The van der Waals surface area contributed by atoms with Crippen LogP contribution in [0.5, 0.6) is 0 Å². The normalized spacial score (nSPS) is 10.6. The van der Waals surface area contributed by atoms with Gasteiger partial charge in [0.25, 0.3) is 0 Å². The Balaban J connectivity index is 2.47. The van der Waals surface area contributed by atoms with Gasteiger partial charge in [-0.1, -0.05) is 29.8 Å². The van der Waals surface area contributed by atoms with Crippen LogP contribution in [0.1, 0.15) is 24.5 Å². The van der Waals surface area contributed by atoms with Crippen LogP contribution >= 0.6 is 0 Å². The highest BCUT2D eigenvalue weighted by molar-refractivity contribution is 5.91. The lowest BCUT2D eigenvalue weighted by molar-refractivity contribution is -0.143. The van der Waals surface area contributed by atoms with Gasteiger partial charge in [-0.3, -0.25) is 9.59 Å². The minimum absolute atomic E-state index is 0.129. The second-order valence-corrected chi connectivity index (χ2v) is 4.56. The minimum Gasteiger partial charge on any atom is -0.466 e. The van der Waals surface area contributed by atoms with Crippen molar-refractivity contribution in [2.75, 3.05) is 20.2 Å². The fourth-order valence-electron chi connectivity index (χ4n) is 1.67. The van der Waals surface area contributed by atoms with Gasteiger partial charge < -0.3 is 9.64 Å². The molecule has 4 nitrogen and oxygen atoms in total. The number of carbonyl (C=O) groups is 2. The summed E-state index contributed by atoms with van der Waals surface area (Å²) in [6.07, 6.45) is 3.50. The first kappa shape index (κ1) is 16.0. The van der Waals surface area contributed by atoms with E-state index in [0.717, 1.165) is 11.1 Å². The summed E-state index contributed by atoms with van der Waals surface area (Å²) >= 11 is 0. The highest BCUT2D eigenvalue weighted by Crippen LogP contribution is 2.06. The fourth-order valence-corrected chi connectivity index (χ4v) is 1.67. The lowest BCUT2D eigenvalue weighted by atomic mass is 10.1. The molecule has 0 saturated carbocycles. The Morgan fingerprint density at radius 2 is 2.10 bits per heavy atom. The number of benzene rings is 1. The van der Waals surface area contributed by atoms with Crippen molar-refractivity contribution in [1.29, 1.82) is 0 Å². The van der Waals surface area contributed by atoms with Gasteiger partial charge >= 0.3 is 5.97 Å². The summed E-state index contributed by atoms with van der Waals surface area (Å²) in [5.74, 6) is -0.411. The Labute approximate surface area is 120 Å². The van der Waals surface area contributed by atoms with Gasteiger partial charge in [-0.15, -0.1) is 0 Å². The van der Waals surface area contributed by atoms with Gasteiger partial charge in [0.1, 0.15) is 0 Å². The van der Waals surface area contributed by atoms with Crippen LogP contribution in [0.15, 0.2) is 30.3 Å². The molecule has 1 aromatic carbocycles. The fraction of sp³-hybridized carbons (Fsp3) is 0.375. The number of likely N-dealkylation sites (N-methyl/N-ethyl adjacent to an activating group) is 1. The summed E-state index contributed by atoms with van der Waals surface area (Å²) in [6.45, 7) is 4.49. The number of hydrogen-bond donors (Lipinski definition) is 0. The zero-order valence-corrected chi connectivity index (χ0v) is 12.3. The van der Waals surface area contributed by atoms with Gasteiger partial charge in [-0.2, -0.15) is 0 Å². The van der Waals surface area contributed by atoms with E-state index in [1.807, 2.05) is 31.2 Å². The van der Waals surface area contributed by atoms with Gasteiger partial charge in [0.15, 0.2) is 0 Å². The molecule has 0 radical (unpaired) electrons. The van der Waals surface area contributed by atoms with Crippen molar-refractivity contribution < 1.29 is 14.3 Å². The van der Waals surface area contributed by atoms with Gasteiger partial charge in [-0.05, 0) is 25.5 Å². The Morgan fingerprint density at radius 1 is 1.35 bits per heavy atom. The molecule has 108 valence electrons. The number of hydrogen-bond acceptors (Lipinski definition) is 3. The molecule has 4 heteroatoms. The molecule has 0 saturated heterocycles. The summed E-state index contributed by atoms with van der Waals surface area (Å²) < 4.78 is 4.82. The van der Waals surface area contributed by atoms with Crippen molar-refractivity contribution >= 4 is 18.0 Å². The highest BCUT2D eigenvalue weighted by atomic mass is 16.5. The molecule has 1 aromatic rings. The van der Waals surface area contributed by atoms with Gasteiger partial charge in [0.05, 0.1) is 13.0 Å². The standard InChI is InChI=1S/C16H21NO3/c1-4-20-16(19)10-11-17(3)15(18)9-8-14-7-5-6-13(2)12-14/h5-9,12H,4,10-11H2,1-3H3. The predicted octanol–water partition coefficient (Wildman–Crippen LogP) is 2.42. The van der Waals surface area contributed by atoms with Gasteiger partial charge in [0.2, 0.25) is 5.91 Å². The van der Waals surface area contributed by atoms with E-state index in [9.17, 15) is 9.59 Å². The van der Waals surface area contributed by atoms with E-state index >= 15 is 0 Å². The third-order valence-electron chi connectivity index (χ3n) is 2.79. The Hall–Kier alpha value is -2.10. The van der Waals surface area contributed by atoms with Crippen LogP contribution in [0.25, 0.3) is 6.08 Å². The largest absolute Gasteiger partial charge is 0.466 e. The molecule has 0 aliphatic heterocycles. The zero-order valence-electron chi connectivity index (χ0n) is 12.3. The molecular weight excluding hydrogens is 254 g/mol. The average Bonchev–Trinajstić information content (AvgIpc) is 2.42. The lowest BCUT2D eigenvalue weighted by Crippen LogP contribution is -2.27. The van der Waals surface area contributed by atoms with Crippen LogP contribution in [-0.4, -0.2) is 37.0 Å². The first-order chi connectivity index (χ1) is 9.52. The van der Waals surface area contributed by atoms with Crippen molar-refractivity contribution in [3.63, 3.8) is 0 Å². The highest BCUT2D eigenvalue weighted by Gasteiger charge is 2.08. The number of amides is 1. The van der Waals surface area contributed by atoms with E-state index in [2.05, 4.69) is 0 Å². The molecule has 0 heterocycles. The van der Waals surface area contributed by atoms with Crippen molar-refractivity contribution in [3.8, 4) is 0 Å². The molecule has 1 amide bonds. The summed E-state index contributed by atoms with van der Waals surface area (Å²) in [7, 11) is 1.67. The Bertz CT molecular complexity index is 494. The van der Waals surface area contributed by atoms with Crippen molar-refractivity contribution in [2.45, 2.75) is 20.3 Å². The molecule has 0 aliphatic carbocycles. The molecule has 0 spiro atoms. The number of rotatable bonds is 6. The molecule has 0 fully saturated rings. The molecule has 0 aliphatic rings. The number of nitrogens with zero attached hydrogens (tertiary/aromatic N) is 1. The van der Waals surface area contributed by atoms with Crippen LogP contribution < -0.4 is 0 Å². The number of carbonyl (C=O) groups excluding carboxylic acids is 2. The van der Waals surface area contributed by atoms with E-state index in [4.69, 9.17) is 4.74 Å². The van der Waals surface area contributed by atoms with Crippen molar-refractivity contribution in [2.24, 2.45) is 0 Å². The lowest BCUT2D eigenvalue weighted by Gasteiger charge is -2.14. The number of aryl methyl sites for hydroxylation is 1. The smallest absolute Gasteiger partial charge is 0.307 e. The molecule has 0 bridgehead atoms. The van der Waals surface area contributed by atoms with Gasteiger partial charge in [0, 0.05) is 19.7 Å². The first-order valence-corrected chi connectivity index (χ1v) is 6.68. The van der Waals surface area contributed by atoms with E-state index in [-0.39, 0.29) is 18.3 Å². The number of ether oxygens (including phenoxy) is 1. The second kappa shape index (κ2) is 8.15. The zero-order chi connectivity index (χ0) is 15.0. The van der Waals surface area contributed by atoms with Crippen LogP contribution in [-0.2, 0) is 14.3 Å². The molecule has 0 unspecified atom stereocenters. The maximum absolute atomic E-state index is 11.9. The quantitative estimate of drug-likeness (QED) is 0.591. The topological polar surface area (TPSA) is 46.6 Å². The first-order valence-electron chi connectivity index (χ1n) is 6.68. The van der Waals surface area contributed by atoms with Crippen LogP contribution in [0, 0.1) is 6.92 Å². The maximum Gasteiger partial charge on any atom is 0.307 e. The Morgan fingerprint density at radius 3 is 2.75 bits per heavy atom. The van der Waals surface area contributed by atoms with Crippen molar-refractivity contribution in [3.05, 3.63) is 41.5 Å². The van der Waals surface area contributed by atoms with E-state index in [0.29, 0.717) is 13.2 Å². The van der Waals surface area contributed by atoms with E-state index in [1.165, 1.54) is 11.0 Å². The summed E-state index contributed by atoms with van der Waals surface area (Å²) in [5, 5.41) is 0. The van der Waals surface area contributed by atoms with Crippen LogP contribution in [0.2, 0.25) is 0 Å². The monoisotopic (exact) mass is 275 g/mol. The van der Waals surface area contributed by atoms with Gasteiger partial charge in [-0.25, -0.2) is 0 Å². The summed E-state index contributed by atoms with van der Waals surface area (Å²) in [5.41, 5.74) is 2.13. The molecule has 0 atom stereocenters. The number of esters is 1. The molecule has 0 aromatic heterocycles. The molecule has 0 N–H and O–H groups in total. The average molecular weight is 275 g/mol. The SMILES string of the molecule is CCOC(=O)CCN(C)C(=O)C=Cc1cccc(C)c1. The molecule has 1 rings (SSSR count). The summed E-state index contributed by atoms with van der Waals surface area (Å²) in [4.78, 5) is 24.6. The molecular formula is C16H21NO3.